The van der Waals surface area contributed by atoms with Crippen molar-refractivity contribution in [2.75, 3.05) is 13.2 Å². The van der Waals surface area contributed by atoms with Gasteiger partial charge in [-0.05, 0) is 34.6 Å². The summed E-state index contributed by atoms with van der Waals surface area (Å²) in [7, 11) is 0. The summed E-state index contributed by atoms with van der Waals surface area (Å²) in [6.07, 6.45) is 1.74. The Balaban J connectivity index is 1.37. The number of benzene rings is 2. The van der Waals surface area contributed by atoms with Gasteiger partial charge in [0.2, 0.25) is 0 Å². The summed E-state index contributed by atoms with van der Waals surface area (Å²) in [5.74, 6) is -1.53. The number of fused-ring (bicyclic) bond motifs is 3. The number of carboxylic acid groups (broad SMARTS) is 1. The lowest BCUT2D eigenvalue weighted by Crippen LogP contribution is -2.47. The molecule has 0 aliphatic heterocycles. The van der Waals surface area contributed by atoms with E-state index in [2.05, 4.69) is 27.8 Å². The lowest BCUT2D eigenvalue weighted by Gasteiger charge is -2.19. The van der Waals surface area contributed by atoms with Gasteiger partial charge in [-0.2, -0.15) is 0 Å². The SMILES string of the molecule is O=C(O)CONC(=O)C(CC1CC1)NC(=O)OCC1c2ccccc2-c2ccccc21. The van der Waals surface area contributed by atoms with Crippen LogP contribution in [0.25, 0.3) is 11.1 Å². The van der Waals surface area contributed by atoms with E-state index in [1.807, 2.05) is 36.4 Å². The fraction of sp³-hybridized carbons (Fsp3) is 0.348. The van der Waals surface area contributed by atoms with Gasteiger partial charge in [-0.15, -0.1) is 0 Å². The Bertz CT molecular complexity index is 942. The zero-order valence-corrected chi connectivity index (χ0v) is 16.9. The largest absolute Gasteiger partial charge is 0.479 e. The molecule has 0 saturated heterocycles. The van der Waals surface area contributed by atoms with Gasteiger partial charge in [0.25, 0.3) is 5.91 Å². The third-order valence-electron chi connectivity index (χ3n) is 5.59. The topological polar surface area (TPSA) is 114 Å². The van der Waals surface area contributed by atoms with E-state index in [4.69, 9.17) is 9.84 Å². The van der Waals surface area contributed by atoms with Crippen LogP contribution in [0.15, 0.2) is 48.5 Å². The number of aliphatic carboxylic acids is 1. The lowest BCUT2D eigenvalue weighted by molar-refractivity contribution is -0.150. The molecule has 2 aromatic rings. The van der Waals surface area contributed by atoms with E-state index in [0.717, 1.165) is 35.1 Å². The van der Waals surface area contributed by atoms with Crippen LogP contribution in [0.5, 0.6) is 0 Å². The number of carboxylic acids is 1. The predicted octanol–water partition coefficient (Wildman–Crippen LogP) is 2.83. The van der Waals surface area contributed by atoms with Crippen molar-refractivity contribution in [2.24, 2.45) is 5.92 Å². The molecule has 8 heteroatoms. The molecule has 2 amide bonds. The van der Waals surface area contributed by atoms with E-state index in [0.29, 0.717) is 12.3 Å². The molecule has 8 nitrogen and oxygen atoms in total. The highest BCUT2D eigenvalue weighted by atomic mass is 16.7. The second-order valence-corrected chi connectivity index (χ2v) is 7.85. The molecule has 31 heavy (non-hydrogen) atoms. The highest BCUT2D eigenvalue weighted by molar-refractivity contribution is 5.85. The van der Waals surface area contributed by atoms with Crippen LogP contribution in [0.4, 0.5) is 4.79 Å². The summed E-state index contributed by atoms with van der Waals surface area (Å²) >= 11 is 0. The van der Waals surface area contributed by atoms with Gasteiger partial charge < -0.3 is 15.2 Å². The maximum atomic E-state index is 12.5. The highest BCUT2D eigenvalue weighted by Crippen LogP contribution is 2.44. The maximum absolute atomic E-state index is 12.5. The van der Waals surface area contributed by atoms with Crippen molar-refractivity contribution in [3.8, 4) is 11.1 Å². The molecule has 1 fully saturated rings. The Labute approximate surface area is 179 Å². The van der Waals surface area contributed by atoms with E-state index < -0.39 is 30.6 Å². The summed E-state index contributed by atoms with van der Waals surface area (Å²) in [6.45, 7) is -0.514. The molecule has 0 heterocycles. The van der Waals surface area contributed by atoms with Gasteiger partial charge in [-0.3, -0.25) is 9.63 Å². The van der Waals surface area contributed by atoms with E-state index in [-0.39, 0.29) is 12.5 Å². The van der Waals surface area contributed by atoms with Crippen LogP contribution in [0, 0.1) is 5.92 Å². The van der Waals surface area contributed by atoms with Gasteiger partial charge in [0.1, 0.15) is 12.6 Å². The van der Waals surface area contributed by atoms with Crippen LogP contribution < -0.4 is 10.8 Å². The Kier molecular flexibility index (Phi) is 6.18. The van der Waals surface area contributed by atoms with Crippen molar-refractivity contribution in [1.82, 2.24) is 10.8 Å². The monoisotopic (exact) mass is 424 g/mol. The second-order valence-electron chi connectivity index (χ2n) is 7.85. The van der Waals surface area contributed by atoms with E-state index in [1.165, 1.54) is 0 Å². The fourth-order valence-corrected chi connectivity index (χ4v) is 3.94. The van der Waals surface area contributed by atoms with Gasteiger partial charge in [0.05, 0.1) is 0 Å². The molecule has 2 aliphatic carbocycles. The summed E-state index contributed by atoms with van der Waals surface area (Å²) in [5, 5.41) is 11.2. The molecule has 1 saturated carbocycles. The molecule has 0 bridgehead atoms. The zero-order chi connectivity index (χ0) is 21.8. The van der Waals surface area contributed by atoms with Crippen molar-refractivity contribution in [3.63, 3.8) is 0 Å². The van der Waals surface area contributed by atoms with Crippen molar-refractivity contribution in [2.45, 2.75) is 31.2 Å². The maximum Gasteiger partial charge on any atom is 0.407 e. The van der Waals surface area contributed by atoms with Crippen molar-refractivity contribution < 1.29 is 29.1 Å². The van der Waals surface area contributed by atoms with E-state index in [1.54, 1.807) is 0 Å². The first kappa shape index (κ1) is 20.9. The zero-order valence-electron chi connectivity index (χ0n) is 16.9. The molecule has 0 aromatic heterocycles. The molecule has 3 N–H and O–H groups in total. The summed E-state index contributed by atoms with van der Waals surface area (Å²) in [6, 6.07) is 15.2. The van der Waals surface area contributed by atoms with Crippen LogP contribution in [0.2, 0.25) is 0 Å². The summed E-state index contributed by atoms with van der Waals surface area (Å²) < 4.78 is 5.50. The van der Waals surface area contributed by atoms with Crippen LogP contribution >= 0.6 is 0 Å². The third-order valence-corrected chi connectivity index (χ3v) is 5.59. The van der Waals surface area contributed by atoms with Crippen molar-refractivity contribution in [1.29, 1.82) is 0 Å². The first-order valence-electron chi connectivity index (χ1n) is 10.3. The van der Waals surface area contributed by atoms with Gasteiger partial charge in [0, 0.05) is 5.92 Å². The normalized spacial score (nSPS) is 15.5. The number of hydrogen-bond donors (Lipinski definition) is 3. The number of carbonyl (C=O) groups excluding carboxylic acids is 2. The number of nitrogens with one attached hydrogen (secondary N) is 2. The molecule has 2 aromatic carbocycles. The molecule has 1 unspecified atom stereocenters. The average molecular weight is 424 g/mol. The van der Waals surface area contributed by atoms with Gasteiger partial charge in [-0.1, -0.05) is 61.4 Å². The van der Waals surface area contributed by atoms with Gasteiger partial charge >= 0.3 is 12.1 Å². The Morgan fingerprint density at radius 2 is 1.61 bits per heavy atom. The van der Waals surface area contributed by atoms with Crippen LogP contribution in [-0.2, 0) is 19.2 Å². The number of amides is 2. The molecule has 4 rings (SSSR count). The third kappa shape index (κ3) is 5.03. The minimum atomic E-state index is -1.21. The first-order valence-corrected chi connectivity index (χ1v) is 10.3. The smallest absolute Gasteiger partial charge is 0.407 e. The number of hydrogen-bond acceptors (Lipinski definition) is 5. The minimum Gasteiger partial charge on any atom is -0.479 e. The Morgan fingerprint density at radius 3 is 2.19 bits per heavy atom. The number of carbonyl (C=O) groups is 3. The Morgan fingerprint density at radius 1 is 1.00 bits per heavy atom. The van der Waals surface area contributed by atoms with E-state index >= 15 is 0 Å². The fourth-order valence-electron chi connectivity index (χ4n) is 3.94. The second kappa shape index (κ2) is 9.18. The van der Waals surface area contributed by atoms with E-state index in [9.17, 15) is 14.4 Å². The molecular formula is C23H24N2O6. The quantitative estimate of drug-likeness (QED) is 0.534. The summed E-state index contributed by atoms with van der Waals surface area (Å²) in [5.41, 5.74) is 6.56. The number of alkyl carbamates (subject to hydrolysis) is 1. The molecule has 1 atom stereocenters. The molecule has 0 radical (unpaired) electrons. The van der Waals surface area contributed by atoms with Crippen LogP contribution in [0.1, 0.15) is 36.3 Å². The van der Waals surface area contributed by atoms with Crippen molar-refractivity contribution in [3.05, 3.63) is 59.7 Å². The minimum absolute atomic E-state index is 0.0761. The molecule has 0 spiro atoms. The van der Waals surface area contributed by atoms with Crippen molar-refractivity contribution >= 4 is 18.0 Å². The number of ether oxygens (including phenoxy) is 1. The van der Waals surface area contributed by atoms with Gasteiger partial charge in [-0.25, -0.2) is 15.1 Å². The van der Waals surface area contributed by atoms with Crippen LogP contribution in [0.3, 0.4) is 0 Å². The lowest BCUT2D eigenvalue weighted by atomic mass is 9.98. The first-order chi connectivity index (χ1) is 15.0. The average Bonchev–Trinajstić information content (AvgIpc) is 3.52. The molecule has 2 aliphatic rings. The molecular weight excluding hydrogens is 400 g/mol. The Hall–Kier alpha value is -3.39. The summed E-state index contributed by atoms with van der Waals surface area (Å²) in [4.78, 5) is 40.0. The number of rotatable bonds is 9. The molecule has 162 valence electrons. The highest BCUT2D eigenvalue weighted by Gasteiger charge is 2.32. The number of hydroxylamine groups is 1. The predicted molar refractivity (Wildman–Crippen MR) is 111 cm³/mol. The van der Waals surface area contributed by atoms with Crippen LogP contribution in [-0.4, -0.2) is 42.3 Å². The van der Waals surface area contributed by atoms with Gasteiger partial charge in [0.15, 0.2) is 6.61 Å². The standard InChI is InChI=1S/C23H24N2O6/c26-21(27)13-31-25-22(28)20(11-14-9-10-14)24-23(29)30-12-19-17-7-3-1-5-15(17)16-6-2-4-8-18(16)19/h1-8,14,19-20H,9-13H2,(H,24,29)(H,25,28)(H,26,27).